The zero-order valence-corrected chi connectivity index (χ0v) is 9.29. The van der Waals surface area contributed by atoms with E-state index in [1.165, 1.54) is 36.8 Å². The normalized spacial score (nSPS) is 17.2. The van der Waals surface area contributed by atoms with Crippen molar-refractivity contribution in [1.82, 2.24) is 5.32 Å². The molecule has 1 aromatic carbocycles. The molecule has 0 aliphatic heterocycles. The smallest absolute Gasteiger partial charge is 0.0914 e. The first-order chi connectivity index (χ1) is 7.31. The molecule has 0 saturated carbocycles. The number of hydrogen-bond acceptors (Lipinski definition) is 2. The van der Waals surface area contributed by atoms with Crippen molar-refractivity contribution in [1.29, 1.82) is 0 Å². The summed E-state index contributed by atoms with van der Waals surface area (Å²) in [6.45, 7) is 0.624. The molecule has 0 radical (unpaired) electrons. The van der Waals surface area contributed by atoms with Gasteiger partial charge in [-0.3, -0.25) is 0 Å². The Morgan fingerprint density at radius 2 is 2.00 bits per heavy atom. The van der Waals surface area contributed by atoms with Crippen LogP contribution in [0.3, 0.4) is 0 Å². The second-order valence-electron chi connectivity index (χ2n) is 4.31. The van der Waals surface area contributed by atoms with Crippen molar-refractivity contribution in [2.24, 2.45) is 0 Å². The number of rotatable bonds is 3. The maximum Gasteiger partial charge on any atom is 0.0914 e. The fourth-order valence-electron chi connectivity index (χ4n) is 2.27. The van der Waals surface area contributed by atoms with E-state index in [0.29, 0.717) is 6.54 Å². The first kappa shape index (κ1) is 10.7. The van der Waals surface area contributed by atoms with Crippen LogP contribution in [0.4, 0.5) is 0 Å². The third-order valence-corrected chi connectivity index (χ3v) is 3.15. The van der Waals surface area contributed by atoms with Crippen molar-refractivity contribution in [3.8, 4) is 0 Å². The van der Waals surface area contributed by atoms with Crippen molar-refractivity contribution in [2.75, 3.05) is 13.6 Å². The van der Waals surface area contributed by atoms with Crippen molar-refractivity contribution >= 4 is 0 Å². The Morgan fingerprint density at radius 1 is 1.27 bits per heavy atom. The second-order valence-corrected chi connectivity index (χ2v) is 4.31. The Bertz CT molecular complexity index is 335. The summed E-state index contributed by atoms with van der Waals surface area (Å²) in [4.78, 5) is 0. The maximum atomic E-state index is 9.86. The summed E-state index contributed by atoms with van der Waals surface area (Å²) in [7, 11) is 1.86. The van der Waals surface area contributed by atoms with E-state index in [9.17, 15) is 5.11 Å². The van der Waals surface area contributed by atoms with Crippen LogP contribution in [0.25, 0.3) is 0 Å². The van der Waals surface area contributed by atoms with Gasteiger partial charge in [0.15, 0.2) is 0 Å². The quantitative estimate of drug-likeness (QED) is 0.789. The van der Waals surface area contributed by atoms with Crippen LogP contribution in [-0.2, 0) is 12.8 Å². The topological polar surface area (TPSA) is 32.3 Å². The zero-order chi connectivity index (χ0) is 10.7. The number of aliphatic hydroxyl groups is 1. The van der Waals surface area contributed by atoms with Crippen LogP contribution in [0.2, 0.25) is 0 Å². The number of benzene rings is 1. The summed E-state index contributed by atoms with van der Waals surface area (Å²) >= 11 is 0. The van der Waals surface area contributed by atoms with Gasteiger partial charge in [-0.25, -0.2) is 0 Å². The number of fused-ring (bicyclic) bond motifs is 1. The molecule has 2 rings (SSSR count). The maximum absolute atomic E-state index is 9.86. The molecule has 0 spiro atoms. The molecule has 2 nitrogen and oxygen atoms in total. The molecule has 0 heterocycles. The first-order valence-corrected chi connectivity index (χ1v) is 5.75. The molecule has 82 valence electrons. The largest absolute Gasteiger partial charge is 0.387 e. The fraction of sp³-hybridized carbons (Fsp3) is 0.538. The highest BCUT2D eigenvalue weighted by molar-refractivity contribution is 5.34. The van der Waals surface area contributed by atoms with Crippen molar-refractivity contribution in [3.63, 3.8) is 0 Å². The summed E-state index contributed by atoms with van der Waals surface area (Å²) in [5.74, 6) is 0. The molecule has 2 heteroatoms. The van der Waals surface area contributed by atoms with Gasteiger partial charge in [0, 0.05) is 6.54 Å². The average molecular weight is 205 g/mol. The van der Waals surface area contributed by atoms with Crippen LogP contribution in [0.1, 0.15) is 35.6 Å². The molecule has 0 amide bonds. The van der Waals surface area contributed by atoms with Gasteiger partial charge in [-0.05, 0) is 49.4 Å². The molecule has 1 unspecified atom stereocenters. The van der Waals surface area contributed by atoms with Crippen LogP contribution in [0.15, 0.2) is 18.2 Å². The van der Waals surface area contributed by atoms with E-state index < -0.39 is 0 Å². The molecule has 0 bridgehead atoms. The van der Waals surface area contributed by atoms with Crippen molar-refractivity contribution in [2.45, 2.75) is 31.8 Å². The Morgan fingerprint density at radius 3 is 2.73 bits per heavy atom. The SMILES string of the molecule is CNCC(O)c1ccc2c(c1)CCCC2. The molecule has 15 heavy (non-hydrogen) atoms. The van der Waals surface area contributed by atoms with Gasteiger partial charge in [-0.15, -0.1) is 0 Å². The average Bonchev–Trinajstić information content (AvgIpc) is 2.29. The van der Waals surface area contributed by atoms with Crippen LogP contribution in [-0.4, -0.2) is 18.7 Å². The Hall–Kier alpha value is -0.860. The van der Waals surface area contributed by atoms with Gasteiger partial charge in [0.25, 0.3) is 0 Å². The van der Waals surface area contributed by atoms with Gasteiger partial charge in [0.05, 0.1) is 6.10 Å². The lowest BCUT2D eigenvalue weighted by Gasteiger charge is -2.18. The monoisotopic (exact) mass is 205 g/mol. The van der Waals surface area contributed by atoms with Gasteiger partial charge >= 0.3 is 0 Å². The van der Waals surface area contributed by atoms with E-state index in [-0.39, 0.29) is 6.10 Å². The predicted octanol–water partition coefficient (Wildman–Crippen LogP) is 1.82. The summed E-state index contributed by atoms with van der Waals surface area (Å²) in [6, 6.07) is 6.42. The summed E-state index contributed by atoms with van der Waals surface area (Å²) < 4.78 is 0. The van der Waals surface area contributed by atoms with E-state index >= 15 is 0 Å². The van der Waals surface area contributed by atoms with Gasteiger partial charge in [0.1, 0.15) is 0 Å². The minimum atomic E-state index is -0.373. The summed E-state index contributed by atoms with van der Waals surface area (Å²) in [6.07, 6.45) is 4.61. The molecule has 2 N–H and O–H groups in total. The number of hydrogen-bond donors (Lipinski definition) is 2. The molecule has 1 aliphatic carbocycles. The van der Waals surface area contributed by atoms with E-state index in [4.69, 9.17) is 0 Å². The fourth-order valence-corrected chi connectivity index (χ4v) is 2.27. The predicted molar refractivity (Wildman–Crippen MR) is 62.0 cm³/mol. The van der Waals surface area contributed by atoms with Gasteiger partial charge in [-0.2, -0.15) is 0 Å². The number of nitrogens with one attached hydrogen (secondary N) is 1. The van der Waals surface area contributed by atoms with E-state index in [2.05, 4.69) is 23.5 Å². The highest BCUT2D eigenvalue weighted by Gasteiger charge is 2.12. The number of aryl methyl sites for hydroxylation is 2. The first-order valence-electron chi connectivity index (χ1n) is 5.75. The molecule has 1 aliphatic rings. The molecular weight excluding hydrogens is 186 g/mol. The molecule has 0 saturated heterocycles. The van der Waals surface area contributed by atoms with Crippen LogP contribution < -0.4 is 5.32 Å². The van der Waals surface area contributed by atoms with Crippen LogP contribution >= 0.6 is 0 Å². The lowest BCUT2D eigenvalue weighted by Crippen LogP contribution is -2.17. The molecule has 0 fully saturated rings. The Kier molecular flexibility index (Phi) is 3.39. The third-order valence-electron chi connectivity index (χ3n) is 3.15. The molecule has 1 atom stereocenters. The Labute approximate surface area is 91.3 Å². The van der Waals surface area contributed by atoms with Gasteiger partial charge in [-0.1, -0.05) is 18.2 Å². The third kappa shape index (κ3) is 2.39. The lowest BCUT2D eigenvalue weighted by molar-refractivity contribution is 0.177. The minimum Gasteiger partial charge on any atom is -0.387 e. The molecule has 1 aromatic rings. The summed E-state index contributed by atoms with van der Waals surface area (Å²) in [5.41, 5.74) is 3.96. The number of likely N-dealkylation sites (N-methyl/N-ethyl adjacent to an activating group) is 1. The van der Waals surface area contributed by atoms with Crippen LogP contribution in [0, 0.1) is 0 Å². The van der Waals surface area contributed by atoms with E-state index in [1.54, 1.807) is 0 Å². The van der Waals surface area contributed by atoms with E-state index in [0.717, 1.165) is 5.56 Å². The van der Waals surface area contributed by atoms with Gasteiger partial charge in [0.2, 0.25) is 0 Å². The van der Waals surface area contributed by atoms with Crippen molar-refractivity contribution < 1.29 is 5.11 Å². The lowest BCUT2D eigenvalue weighted by atomic mass is 9.89. The van der Waals surface area contributed by atoms with Crippen LogP contribution in [0.5, 0.6) is 0 Å². The standard InChI is InChI=1S/C13H19NO/c1-14-9-13(15)12-7-6-10-4-2-3-5-11(10)8-12/h6-8,13-15H,2-5,9H2,1H3. The highest BCUT2D eigenvalue weighted by atomic mass is 16.3. The molecular formula is C13H19NO. The summed E-state index contributed by atoms with van der Waals surface area (Å²) in [5, 5.41) is 12.9. The van der Waals surface area contributed by atoms with Crippen molar-refractivity contribution in [3.05, 3.63) is 34.9 Å². The zero-order valence-electron chi connectivity index (χ0n) is 9.29. The number of aliphatic hydroxyl groups excluding tert-OH is 1. The Balaban J connectivity index is 2.20. The second kappa shape index (κ2) is 4.77. The minimum absolute atomic E-state index is 0.373. The highest BCUT2D eigenvalue weighted by Crippen LogP contribution is 2.24. The molecule has 0 aromatic heterocycles. The van der Waals surface area contributed by atoms with E-state index in [1.807, 2.05) is 7.05 Å². The van der Waals surface area contributed by atoms with Gasteiger partial charge < -0.3 is 10.4 Å².